The Morgan fingerprint density at radius 1 is 1.24 bits per heavy atom. The molecule has 1 aromatic carbocycles. The Balaban J connectivity index is 1.55. The lowest BCUT2D eigenvalue weighted by atomic mass is 9.86. The Labute approximate surface area is 229 Å². The molecule has 0 unspecified atom stereocenters. The number of unbranched alkanes of at least 4 members (excludes halogenated alkanes) is 1. The second-order valence-electron chi connectivity index (χ2n) is 10.7. The molecule has 37 heavy (non-hydrogen) atoms. The van der Waals surface area contributed by atoms with Gasteiger partial charge in [-0.25, -0.2) is 0 Å². The minimum Gasteiger partial charge on any atom is -0.463 e. The molecule has 1 saturated carbocycles. The molecular weight excluding hydrogens is 508 g/mol. The number of benzene rings is 1. The van der Waals surface area contributed by atoms with Crippen molar-refractivity contribution in [3.63, 3.8) is 0 Å². The molecule has 2 N–H and O–H groups in total. The fourth-order valence-corrected chi connectivity index (χ4v) is 6.45. The Kier molecular flexibility index (Phi) is 10.5. The molecule has 1 fully saturated rings. The highest BCUT2D eigenvalue weighted by atomic mass is 35.5. The third kappa shape index (κ3) is 7.53. The van der Waals surface area contributed by atoms with Gasteiger partial charge in [-0.15, -0.1) is 11.3 Å². The summed E-state index contributed by atoms with van der Waals surface area (Å²) in [5, 5.41) is 23.3. The van der Waals surface area contributed by atoms with E-state index in [0.717, 1.165) is 26.4 Å². The van der Waals surface area contributed by atoms with E-state index in [2.05, 4.69) is 0 Å². The molecule has 0 amide bonds. The van der Waals surface area contributed by atoms with Crippen LogP contribution in [0.4, 0.5) is 0 Å². The maximum atomic E-state index is 13.1. The summed E-state index contributed by atoms with van der Waals surface area (Å²) in [7, 11) is 0. The van der Waals surface area contributed by atoms with Gasteiger partial charge in [0, 0.05) is 33.2 Å². The summed E-state index contributed by atoms with van der Waals surface area (Å²) in [6.07, 6.45) is 9.30. The highest BCUT2D eigenvalue weighted by Crippen LogP contribution is 2.45. The Bertz CT molecular complexity index is 1130. The third-order valence-electron chi connectivity index (χ3n) is 7.04. The number of hydrogen-bond acceptors (Lipinski definition) is 6. The van der Waals surface area contributed by atoms with Gasteiger partial charge in [0.2, 0.25) is 0 Å². The number of hydrogen-bond donors (Lipinski definition) is 2. The number of aryl methyl sites for hydroxylation is 1. The van der Waals surface area contributed by atoms with Crippen molar-refractivity contribution in [2.45, 2.75) is 84.5 Å². The third-order valence-corrected chi connectivity index (χ3v) is 8.81. The van der Waals surface area contributed by atoms with E-state index in [0.29, 0.717) is 32.1 Å². The van der Waals surface area contributed by atoms with Gasteiger partial charge in [-0.05, 0) is 52.0 Å². The topological polar surface area (TPSA) is 83.8 Å². The minimum atomic E-state index is -0.844. The van der Waals surface area contributed by atoms with Crippen LogP contribution in [0.1, 0.15) is 64.7 Å². The number of ketones is 1. The number of thiophene rings is 1. The predicted octanol–water partition coefficient (Wildman–Crippen LogP) is 6.67. The van der Waals surface area contributed by atoms with Crippen LogP contribution in [0.15, 0.2) is 48.6 Å². The molecule has 4 atom stereocenters. The number of Topliss-reactive ketones (excluding diaryl/α,β-unsaturated/α-hetero) is 1. The zero-order valence-electron chi connectivity index (χ0n) is 22.2. The highest BCUT2D eigenvalue weighted by molar-refractivity contribution is 7.19. The van der Waals surface area contributed by atoms with Crippen LogP contribution in [0.2, 0.25) is 5.02 Å². The fraction of sp³-hybridized carbons (Fsp3) is 0.533. The molecule has 7 heteroatoms. The van der Waals surface area contributed by atoms with E-state index in [1.165, 1.54) is 0 Å². The second kappa shape index (κ2) is 13.2. The number of esters is 1. The zero-order chi connectivity index (χ0) is 27.2. The van der Waals surface area contributed by atoms with E-state index < -0.39 is 17.6 Å². The summed E-state index contributed by atoms with van der Waals surface area (Å²) < 4.78 is 6.27. The summed E-state index contributed by atoms with van der Waals surface area (Å²) in [4.78, 5) is 25.8. The quantitative estimate of drug-likeness (QED) is 0.176. The number of rotatable bonds is 12. The first-order valence-electron chi connectivity index (χ1n) is 13.1. The number of halogens is 1. The maximum absolute atomic E-state index is 13.1. The number of ether oxygens (including phenoxy) is 1. The van der Waals surface area contributed by atoms with Crippen molar-refractivity contribution in [3.8, 4) is 0 Å². The van der Waals surface area contributed by atoms with Gasteiger partial charge in [0.25, 0.3) is 0 Å². The van der Waals surface area contributed by atoms with Crippen LogP contribution in [0.25, 0.3) is 10.1 Å². The minimum absolute atomic E-state index is 0.0337. The lowest BCUT2D eigenvalue weighted by Crippen LogP contribution is -2.31. The summed E-state index contributed by atoms with van der Waals surface area (Å²) in [6, 6.07) is 8.00. The highest BCUT2D eigenvalue weighted by Gasteiger charge is 2.52. The first-order valence-corrected chi connectivity index (χ1v) is 14.3. The van der Waals surface area contributed by atoms with Crippen molar-refractivity contribution < 1.29 is 24.5 Å². The normalized spacial score (nSPS) is 22.6. The molecule has 0 spiro atoms. The van der Waals surface area contributed by atoms with E-state index in [9.17, 15) is 19.8 Å². The monoisotopic (exact) mass is 546 g/mol. The maximum Gasteiger partial charge on any atom is 0.306 e. The predicted molar refractivity (Wildman–Crippen MR) is 151 cm³/mol. The summed E-state index contributed by atoms with van der Waals surface area (Å²) in [6.45, 7) is 7.23. The van der Waals surface area contributed by atoms with Gasteiger partial charge in [-0.1, -0.05) is 68.0 Å². The van der Waals surface area contributed by atoms with Gasteiger partial charge in [0.05, 0.1) is 28.7 Å². The first-order chi connectivity index (χ1) is 17.5. The molecular formula is C30H39ClO5S. The van der Waals surface area contributed by atoms with Gasteiger partial charge in [-0.3, -0.25) is 9.59 Å². The fourth-order valence-electron chi connectivity index (χ4n) is 4.91. The standard InChI is InChI=1S/C30H39ClO5S/c1-19(2)36-26(33)14-8-6-5-7-11-21-22(29(35)30(3,4)28(21)34)17-15-20(32)16-18-25-27(31)23-12-9-10-13-24(23)37-25/h5,7,9-10,12-13,15,17,19-22,29,32,35H,6,8,11,14,16,18H2,1-4H3/b7-5+,17-15+/t20-,21+,22+,29-/m0/s1. The van der Waals surface area contributed by atoms with Gasteiger partial charge in [0.1, 0.15) is 5.78 Å². The van der Waals surface area contributed by atoms with Gasteiger partial charge in [0.15, 0.2) is 0 Å². The number of aliphatic hydroxyl groups excluding tert-OH is 2. The zero-order valence-corrected chi connectivity index (χ0v) is 23.7. The van der Waals surface area contributed by atoms with Gasteiger partial charge < -0.3 is 14.9 Å². The van der Waals surface area contributed by atoms with Crippen molar-refractivity contribution in [2.24, 2.45) is 17.3 Å². The Hall–Kier alpha value is -1.99. The molecule has 1 aliphatic rings. The average Bonchev–Trinajstić information content (AvgIpc) is 3.25. The van der Waals surface area contributed by atoms with Crippen molar-refractivity contribution >= 4 is 44.8 Å². The van der Waals surface area contributed by atoms with E-state index in [4.69, 9.17) is 16.3 Å². The molecule has 0 bridgehead atoms. The molecule has 1 aromatic heterocycles. The van der Waals surface area contributed by atoms with Crippen LogP contribution >= 0.6 is 22.9 Å². The number of allylic oxidation sites excluding steroid dienone is 2. The Morgan fingerprint density at radius 3 is 2.68 bits per heavy atom. The summed E-state index contributed by atoms with van der Waals surface area (Å²) in [5.74, 6) is -0.882. The molecule has 3 rings (SSSR count). The van der Waals surface area contributed by atoms with E-state index in [1.54, 1.807) is 31.3 Å². The lowest BCUT2D eigenvalue weighted by Gasteiger charge is -2.22. The number of carbonyl (C=O) groups is 2. The smallest absolute Gasteiger partial charge is 0.306 e. The molecule has 0 radical (unpaired) electrons. The van der Waals surface area contributed by atoms with Crippen LogP contribution in [-0.2, 0) is 20.7 Å². The molecule has 0 saturated heterocycles. The van der Waals surface area contributed by atoms with Crippen LogP contribution in [-0.4, -0.2) is 40.3 Å². The van der Waals surface area contributed by atoms with Crippen molar-refractivity contribution in [3.05, 3.63) is 58.5 Å². The molecule has 2 aromatic rings. The van der Waals surface area contributed by atoms with Crippen molar-refractivity contribution in [1.29, 1.82) is 0 Å². The van der Waals surface area contributed by atoms with Crippen molar-refractivity contribution in [2.75, 3.05) is 0 Å². The molecule has 0 aliphatic heterocycles. The lowest BCUT2D eigenvalue weighted by molar-refractivity contribution is -0.147. The average molecular weight is 547 g/mol. The molecule has 1 heterocycles. The van der Waals surface area contributed by atoms with Crippen LogP contribution in [0.5, 0.6) is 0 Å². The summed E-state index contributed by atoms with van der Waals surface area (Å²) >= 11 is 8.18. The summed E-state index contributed by atoms with van der Waals surface area (Å²) in [5.41, 5.74) is -0.844. The van der Waals surface area contributed by atoms with Gasteiger partial charge in [-0.2, -0.15) is 0 Å². The van der Waals surface area contributed by atoms with Crippen LogP contribution in [0, 0.1) is 17.3 Å². The number of carbonyl (C=O) groups excluding carboxylic acids is 2. The Morgan fingerprint density at radius 2 is 1.97 bits per heavy atom. The number of aliphatic hydroxyl groups is 2. The SMILES string of the molecule is CC(C)OC(=O)CCC/C=C/C[C@H]1C(=O)C(C)(C)[C@@H](O)[C@@H]1/C=C/[C@H](O)CCc1sc2ccccc2c1Cl. The van der Waals surface area contributed by atoms with Gasteiger partial charge >= 0.3 is 5.97 Å². The van der Waals surface area contributed by atoms with Crippen LogP contribution in [0.3, 0.4) is 0 Å². The van der Waals surface area contributed by atoms with E-state index >= 15 is 0 Å². The van der Waals surface area contributed by atoms with E-state index in [-0.39, 0.29) is 29.7 Å². The van der Waals surface area contributed by atoms with Crippen molar-refractivity contribution in [1.82, 2.24) is 0 Å². The first kappa shape index (κ1) is 29.6. The number of fused-ring (bicyclic) bond motifs is 1. The van der Waals surface area contributed by atoms with Crippen LogP contribution < -0.4 is 0 Å². The molecule has 1 aliphatic carbocycles. The second-order valence-corrected chi connectivity index (χ2v) is 12.2. The largest absolute Gasteiger partial charge is 0.463 e. The van der Waals surface area contributed by atoms with E-state index in [1.807, 2.05) is 56.3 Å². The molecule has 5 nitrogen and oxygen atoms in total. The molecule has 202 valence electrons.